The normalized spacial score (nSPS) is 16.3. The Labute approximate surface area is 233 Å². The Morgan fingerprint density at radius 3 is 2.40 bits per heavy atom. The van der Waals surface area contributed by atoms with Gasteiger partial charge in [0.25, 0.3) is 5.91 Å². The van der Waals surface area contributed by atoms with Crippen LogP contribution in [0.25, 0.3) is 11.3 Å². The first-order valence-electron chi connectivity index (χ1n) is 13.6. The van der Waals surface area contributed by atoms with E-state index in [1.165, 1.54) is 11.6 Å². The topological polar surface area (TPSA) is 132 Å². The molecular formula is C30H36N6O4. The molecule has 3 N–H and O–H groups in total. The number of nitrogens with zero attached hydrogens (tertiary/aromatic N) is 4. The summed E-state index contributed by atoms with van der Waals surface area (Å²) < 4.78 is 6.88. The molecule has 0 atom stereocenters. The Morgan fingerprint density at radius 2 is 1.80 bits per heavy atom. The molecule has 1 aromatic carbocycles. The molecule has 2 aromatic heterocycles. The van der Waals surface area contributed by atoms with Crippen LogP contribution < -0.4 is 11.2 Å². The van der Waals surface area contributed by atoms with Crippen molar-refractivity contribution in [2.45, 2.75) is 65.4 Å². The molecule has 10 nitrogen and oxygen atoms in total. The predicted molar refractivity (Wildman–Crippen MR) is 152 cm³/mol. The van der Waals surface area contributed by atoms with Crippen LogP contribution in [0, 0.1) is 5.41 Å². The molecule has 1 aliphatic carbocycles. The monoisotopic (exact) mass is 544 g/mol. The summed E-state index contributed by atoms with van der Waals surface area (Å²) in [5.74, 6) is 7.20. The number of nitrogen functional groups attached to an aromatic ring is 1. The lowest BCUT2D eigenvalue weighted by molar-refractivity contribution is -0.0800. The summed E-state index contributed by atoms with van der Waals surface area (Å²) in [6.45, 7) is 10.4. The van der Waals surface area contributed by atoms with Crippen molar-refractivity contribution in [2.24, 2.45) is 5.41 Å². The van der Waals surface area contributed by atoms with E-state index in [1.54, 1.807) is 35.4 Å². The fourth-order valence-electron chi connectivity index (χ4n) is 5.65. The number of Topliss-reactive ketones (excluding diaryl/α,β-unsaturated/α-hetero) is 1. The second kappa shape index (κ2) is 10.1. The third kappa shape index (κ3) is 5.30. The minimum atomic E-state index is -0.522. The van der Waals surface area contributed by atoms with Gasteiger partial charge >= 0.3 is 6.09 Å². The summed E-state index contributed by atoms with van der Waals surface area (Å²) in [5, 5.41) is 2.83. The summed E-state index contributed by atoms with van der Waals surface area (Å²) in [6, 6.07) is 10.7. The Morgan fingerprint density at radius 1 is 1.12 bits per heavy atom. The molecule has 2 amide bonds. The van der Waals surface area contributed by atoms with E-state index in [0.717, 1.165) is 24.8 Å². The SMILES string of the molecule is CCc1ccnc(NC(=O)c2ccc(-c3nc(C4CC5(C4)CN(C(=O)OC(C)(C)C)C5)n(N)c3C(C)=O)cc2)c1. The first kappa shape index (κ1) is 27.4. The number of amides is 2. The average molecular weight is 545 g/mol. The number of aromatic nitrogens is 3. The highest BCUT2D eigenvalue weighted by Crippen LogP contribution is 2.56. The number of carbonyl (C=O) groups is 3. The van der Waals surface area contributed by atoms with Crippen molar-refractivity contribution < 1.29 is 19.1 Å². The summed E-state index contributed by atoms with van der Waals surface area (Å²) in [7, 11) is 0. The van der Waals surface area contributed by atoms with Gasteiger partial charge in [-0.2, -0.15) is 0 Å². The van der Waals surface area contributed by atoms with Crippen molar-refractivity contribution in [1.82, 2.24) is 19.5 Å². The third-order valence-electron chi connectivity index (χ3n) is 7.59. The molecule has 3 heterocycles. The third-order valence-corrected chi connectivity index (χ3v) is 7.59. The molecule has 1 saturated carbocycles. The number of nitrogens with two attached hydrogens (primary N) is 1. The molecule has 3 aromatic rings. The minimum Gasteiger partial charge on any atom is -0.444 e. The zero-order chi connectivity index (χ0) is 28.8. The van der Waals surface area contributed by atoms with Gasteiger partial charge in [0.2, 0.25) is 0 Å². The van der Waals surface area contributed by atoms with Crippen molar-refractivity contribution in [3.63, 3.8) is 0 Å². The molecule has 1 saturated heterocycles. The van der Waals surface area contributed by atoms with Crippen LogP contribution in [0.3, 0.4) is 0 Å². The van der Waals surface area contributed by atoms with E-state index >= 15 is 0 Å². The first-order valence-corrected chi connectivity index (χ1v) is 13.6. The number of likely N-dealkylation sites (tertiary alicyclic amines) is 1. The lowest BCUT2D eigenvalue weighted by atomic mass is 9.57. The van der Waals surface area contributed by atoms with Crippen molar-refractivity contribution >= 4 is 23.6 Å². The van der Waals surface area contributed by atoms with Crippen molar-refractivity contribution in [3.05, 3.63) is 65.2 Å². The maximum atomic E-state index is 12.8. The zero-order valence-electron chi connectivity index (χ0n) is 23.7. The second-order valence-electron chi connectivity index (χ2n) is 12.0. The highest BCUT2D eigenvalue weighted by Gasteiger charge is 2.56. The van der Waals surface area contributed by atoms with E-state index < -0.39 is 5.60 Å². The van der Waals surface area contributed by atoms with Crippen LogP contribution in [0.5, 0.6) is 0 Å². The predicted octanol–water partition coefficient (Wildman–Crippen LogP) is 4.79. The van der Waals surface area contributed by atoms with E-state index in [9.17, 15) is 14.4 Å². The van der Waals surface area contributed by atoms with Gasteiger partial charge in [-0.1, -0.05) is 19.1 Å². The Kier molecular flexibility index (Phi) is 6.89. The van der Waals surface area contributed by atoms with Crippen LogP contribution in [-0.4, -0.2) is 56.0 Å². The van der Waals surface area contributed by atoms with Crippen LogP contribution in [0.15, 0.2) is 42.6 Å². The van der Waals surface area contributed by atoms with Crippen molar-refractivity contribution in [3.8, 4) is 11.3 Å². The van der Waals surface area contributed by atoms with Crippen LogP contribution >= 0.6 is 0 Å². The first-order chi connectivity index (χ1) is 18.9. The van der Waals surface area contributed by atoms with E-state index in [0.29, 0.717) is 47.2 Å². The number of rotatable bonds is 6. The minimum absolute atomic E-state index is 0.0462. The van der Waals surface area contributed by atoms with E-state index in [4.69, 9.17) is 15.6 Å². The lowest BCUT2D eigenvalue weighted by Crippen LogP contribution is -2.64. The van der Waals surface area contributed by atoms with Gasteiger partial charge in [-0.15, -0.1) is 0 Å². The molecule has 5 rings (SSSR count). The molecule has 1 spiro atoms. The Balaban J connectivity index is 1.28. The van der Waals surface area contributed by atoms with Crippen LogP contribution in [-0.2, 0) is 11.2 Å². The molecular weight excluding hydrogens is 508 g/mol. The number of ether oxygens (including phenoxy) is 1. The zero-order valence-corrected chi connectivity index (χ0v) is 23.7. The molecule has 0 bridgehead atoms. The molecule has 10 heteroatoms. The fraction of sp³-hybridized carbons (Fsp3) is 0.433. The molecule has 0 unspecified atom stereocenters. The van der Waals surface area contributed by atoms with E-state index in [1.807, 2.05) is 39.8 Å². The Hall–Kier alpha value is -4.21. The van der Waals surface area contributed by atoms with Crippen LogP contribution in [0.1, 0.15) is 85.6 Å². The summed E-state index contributed by atoms with van der Waals surface area (Å²) >= 11 is 0. The standard InChI is InChI=1S/C30H36N6O4/c1-6-19-11-12-32-23(13-19)33-27(38)21-9-7-20(8-10-21)24-25(18(2)37)36(31)26(34-24)22-14-30(15-22)16-35(17-30)28(39)40-29(3,4)5/h7-13,22H,6,14-17,31H2,1-5H3,(H,32,33,38). The molecule has 210 valence electrons. The number of benzene rings is 1. The van der Waals surface area contributed by atoms with E-state index in [-0.39, 0.29) is 29.1 Å². The number of pyridine rings is 1. The van der Waals surface area contributed by atoms with Gasteiger partial charge in [0.05, 0.1) is 0 Å². The molecule has 2 fully saturated rings. The quantitative estimate of drug-likeness (QED) is 0.337. The molecule has 40 heavy (non-hydrogen) atoms. The van der Waals surface area contributed by atoms with Crippen LogP contribution in [0.4, 0.5) is 10.6 Å². The Bertz CT molecular complexity index is 1460. The number of ketones is 1. The van der Waals surface area contributed by atoms with Crippen molar-refractivity contribution in [2.75, 3.05) is 24.2 Å². The smallest absolute Gasteiger partial charge is 0.410 e. The van der Waals surface area contributed by atoms with Gasteiger partial charge in [0.1, 0.15) is 28.6 Å². The van der Waals surface area contributed by atoms with Gasteiger partial charge in [-0.25, -0.2) is 19.4 Å². The van der Waals surface area contributed by atoms with Crippen molar-refractivity contribution in [1.29, 1.82) is 0 Å². The molecule has 2 aliphatic rings. The highest BCUT2D eigenvalue weighted by molar-refractivity contribution is 6.04. The second-order valence-corrected chi connectivity index (χ2v) is 12.0. The number of nitrogens with one attached hydrogen (secondary N) is 1. The summed E-state index contributed by atoms with van der Waals surface area (Å²) in [6.07, 6.45) is 3.91. The number of aryl methyl sites for hydroxylation is 1. The molecule has 0 radical (unpaired) electrons. The van der Waals surface area contributed by atoms with Gasteiger partial charge in [-0.05, 0) is 69.9 Å². The van der Waals surface area contributed by atoms with E-state index in [2.05, 4.69) is 10.3 Å². The van der Waals surface area contributed by atoms with Gasteiger partial charge in [-0.3, -0.25) is 9.59 Å². The lowest BCUT2D eigenvalue weighted by Gasteiger charge is -2.58. The maximum absolute atomic E-state index is 12.8. The number of hydrogen-bond acceptors (Lipinski definition) is 7. The number of hydrogen-bond donors (Lipinski definition) is 2. The number of carbonyl (C=O) groups excluding carboxylic acids is 3. The summed E-state index contributed by atoms with van der Waals surface area (Å²) in [5.41, 5.74) is 2.60. The average Bonchev–Trinajstić information content (AvgIpc) is 3.18. The van der Waals surface area contributed by atoms with Crippen LogP contribution in [0.2, 0.25) is 0 Å². The highest BCUT2D eigenvalue weighted by atomic mass is 16.6. The van der Waals surface area contributed by atoms with Gasteiger partial charge < -0.3 is 20.8 Å². The largest absolute Gasteiger partial charge is 0.444 e. The maximum Gasteiger partial charge on any atom is 0.410 e. The number of imidazole rings is 1. The summed E-state index contributed by atoms with van der Waals surface area (Å²) in [4.78, 5) is 48.5. The van der Waals surface area contributed by atoms with Gasteiger partial charge in [0, 0.05) is 48.7 Å². The van der Waals surface area contributed by atoms with Gasteiger partial charge in [0.15, 0.2) is 5.78 Å². The number of anilines is 1. The molecule has 1 aliphatic heterocycles. The fourth-order valence-corrected chi connectivity index (χ4v) is 5.65.